The van der Waals surface area contributed by atoms with Gasteiger partial charge in [-0.25, -0.2) is 0 Å². The van der Waals surface area contributed by atoms with E-state index < -0.39 is 0 Å². The first-order chi connectivity index (χ1) is 8.85. The zero-order chi connectivity index (χ0) is 12.5. The zero-order valence-electron chi connectivity index (χ0n) is 9.84. The lowest BCUT2D eigenvalue weighted by Crippen LogP contribution is -1.97. The van der Waals surface area contributed by atoms with Gasteiger partial charge >= 0.3 is 0 Å². The molecule has 0 aliphatic heterocycles. The minimum atomic E-state index is 0.406. The number of carbonyl (C=O) groups is 1. The molecular weight excluding hydrogens is 230 g/mol. The number of benzene rings is 1. The Labute approximate surface area is 103 Å². The standard InChI is InChI=1S/C14H11NO3/c1-2-17-13-9(8-16)7-15-12-10-5-3-4-6-11(10)18-14(12)13/h3-8H,2H2,1H3. The summed E-state index contributed by atoms with van der Waals surface area (Å²) in [5, 5.41) is 0.922. The number of aldehydes is 1. The molecule has 3 rings (SSSR count). The summed E-state index contributed by atoms with van der Waals surface area (Å²) in [6.07, 6.45) is 2.24. The lowest BCUT2D eigenvalue weighted by molar-refractivity contribution is 0.111. The van der Waals surface area contributed by atoms with Crippen LogP contribution in [-0.4, -0.2) is 17.9 Å². The van der Waals surface area contributed by atoms with E-state index in [1.807, 2.05) is 31.2 Å². The van der Waals surface area contributed by atoms with Crippen LogP contribution in [0.4, 0.5) is 0 Å². The molecule has 4 nitrogen and oxygen atoms in total. The van der Waals surface area contributed by atoms with E-state index in [1.165, 1.54) is 6.20 Å². The molecule has 0 saturated heterocycles. The third kappa shape index (κ3) is 1.46. The molecule has 0 amide bonds. The molecule has 0 saturated carbocycles. The molecule has 0 bridgehead atoms. The number of aromatic nitrogens is 1. The molecule has 0 aliphatic carbocycles. The van der Waals surface area contributed by atoms with Gasteiger partial charge in [-0.05, 0) is 19.1 Å². The van der Waals surface area contributed by atoms with Crippen LogP contribution in [0.3, 0.4) is 0 Å². The van der Waals surface area contributed by atoms with Crippen LogP contribution in [0.1, 0.15) is 17.3 Å². The predicted octanol–water partition coefficient (Wildman–Crippen LogP) is 3.19. The normalized spacial score (nSPS) is 10.9. The molecule has 4 heteroatoms. The number of hydrogen-bond donors (Lipinski definition) is 0. The van der Waals surface area contributed by atoms with E-state index in [9.17, 15) is 4.79 Å². The maximum atomic E-state index is 11.0. The highest BCUT2D eigenvalue weighted by Gasteiger charge is 2.16. The number of fused-ring (bicyclic) bond motifs is 3. The highest BCUT2D eigenvalue weighted by Crippen LogP contribution is 2.34. The molecule has 3 aromatic rings. The van der Waals surface area contributed by atoms with Gasteiger partial charge in [-0.2, -0.15) is 0 Å². The van der Waals surface area contributed by atoms with Gasteiger partial charge < -0.3 is 9.15 Å². The van der Waals surface area contributed by atoms with Crippen molar-refractivity contribution in [3.63, 3.8) is 0 Å². The molecule has 0 radical (unpaired) electrons. The monoisotopic (exact) mass is 241 g/mol. The number of pyridine rings is 1. The molecule has 0 aliphatic rings. The summed E-state index contributed by atoms with van der Waals surface area (Å²) in [6, 6.07) is 7.62. The van der Waals surface area contributed by atoms with Crippen LogP contribution in [0.25, 0.3) is 22.1 Å². The second kappa shape index (κ2) is 4.14. The maximum absolute atomic E-state index is 11.0. The first-order valence-corrected chi connectivity index (χ1v) is 5.73. The van der Waals surface area contributed by atoms with E-state index in [-0.39, 0.29) is 0 Å². The van der Waals surface area contributed by atoms with Crippen LogP contribution in [0.5, 0.6) is 5.75 Å². The lowest BCUT2D eigenvalue weighted by Gasteiger charge is -2.05. The first kappa shape index (κ1) is 10.8. The Bertz CT molecular complexity index is 730. The van der Waals surface area contributed by atoms with Crippen LogP contribution >= 0.6 is 0 Å². The van der Waals surface area contributed by atoms with E-state index in [0.717, 1.165) is 22.8 Å². The van der Waals surface area contributed by atoms with Crippen molar-refractivity contribution in [2.45, 2.75) is 6.92 Å². The summed E-state index contributed by atoms with van der Waals surface area (Å²) in [5.74, 6) is 0.466. The van der Waals surface area contributed by atoms with Crippen molar-refractivity contribution in [1.82, 2.24) is 4.98 Å². The molecule has 0 spiro atoms. The summed E-state index contributed by atoms with van der Waals surface area (Å²) >= 11 is 0. The third-order valence-corrected chi connectivity index (χ3v) is 2.79. The SMILES string of the molecule is CCOc1c(C=O)cnc2c1oc1ccccc12. The Morgan fingerprint density at radius 3 is 3.00 bits per heavy atom. The van der Waals surface area contributed by atoms with Gasteiger partial charge in [-0.1, -0.05) is 12.1 Å². The highest BCUT2D eigenvalue weighted by molar-refractivity contribution is 6.06. The number of nitrogens with zero attached hydrogens (tertiary/aromatic N) is 1. The first-order valence-electron chi connectivity index (χ1n) is 5.73. The largest absolute Gasteiger partial charge is 0.489 e. The van der Waals surface area contributed by atoms with Gasteiger partial charge in [-0.3, -0.25) is 9.78 Å². The Morgan fingerprint density at radius 1 is 1.39 bits per heavy atom. The molecule has 0 atom stereocenters. The van der Waals surface area contributed by atoms with Crippen molar-refractivity contribution in [3.05, 3.63) is 36.0 Å². The van der Waals surface area contributed by atoms with Crippen molar-refractivity contribution < 1.29 is 13.9 Å². The van der Waals surface area contributed by atoms with Crippen LogP contribution in [-0.2, 0) is 0 Å². The Balaban J connectivity index is 2.42. The second-order valence-electron chi connectivity index (χ2n) is 3.87. The maximum Gasteiger partial charge on any atom is 0.196 e. The lowest BCUT2D eigenvalue weighted by atomic mass is 10.2. The average molecular weight is 241 g/mol. The van der Waals surface area contributed by atoms with Gasteiger partial charge in [0, 0.05) is 11.6 Å². The van der Waals surface area contributed by atoms with E-state index in [2.05, 4.69) is 4.98 Å². The van der Waals surface area contributed by atoms with Crippen molar-refractivity contribution >= 4 is 28.4 Å². The molecule has 0 unspecified atom stereocenters. The van der Waals surface area contributed by atoms with E-state index in [0.29, 0.717) is 23.5 Å². The molecule has 1 aromatic carbocycles. The fourth-order valence-corrected chi connectivity index (χ4v) is 2.01. The van der Waals surface area contributed by atoms with Gasteiger partial charge in [0.15, 0.2) is 17.6 Å². The molecule has 0 fully saturated rings. The van der Waals surface area contributed by atoms with E-state index in [4.69, 9.17) is 9.15 Å². The number of furan rings is 1. The fourth-order valence-electron chi connectivity index (χ4n) is 2.01. The Hall–Kier alpha value is -2.36. The fraction of sp³-hybridized carbons (Fsp3) is 0.143. The minimum absolute atomic E-state index is 0.406. The average Bonchev–Trinajstić information content (AvgIpc) is 2.78. The topological polar surface area (TPSA) is 52.3 Å². The van der Waals surface area contributed by atoms with Crippen molar-refractivity contribution in [3.8, 4) is 5.75 Å². The summed E-state index contributed by atoms with van der Waals surface area (Å²) in [6.45, 7) is 2.33. The number of carbonyl (C=O) groups excluding carboxylic acids is 1. The van der Waals surface area contributed by atoms with Gasteiger partial charge in [0.05, 0.1) is 12.2 Å². The third-order valence-electron chi connectivity index (χ3n) is 2.79. The summed E-state index contributed by atoms with van der Waals surface area (Å²) in [7, 11) is 0. The molecule has 2 aromatic heterocycles. The van der Waals surface area contributed by atoms with Crippen LogP contribution in [0.15, 0.2) is 34.9 Å². The summed E-state index contributed by atoms with van der Waals surface area (Å²) in [4.78, 5) is 15.3. The molecule has 0 N–H and O–H groups in total. The molecule has 18 heavy (non-hydrogen) atoms. The van der Waals surface area contributed by atoms with Crippen LogP contribution in [0, 0.1) is 0 Å². The Morgan fingerprint density at radius 2 is 2.22 bits per heavy atom. The number of rotatable bonds is 3. The van der Waals surface area contributed by atoms with Gasteiger partial charge in [0.1, 0.15) is 11.1 Å². The Kier molecular flexibility index (Phi) is 2.48. The summed E-state index contributed by atoms with van der Waals surface area (Å²) < 4.78 is 11.2. The summed E-state index contributed by atoms with van der Waals surface area (Å²) in [5.41, 5.74) is 2.40. The molecule has 90 valence electrons. The number of para-hydroxylation sites is 1. The second-order valence-corrected chi connectivity index (χ2v) is 3.87. The predicted molar refractivity (Wildman–Crippen MR) is 68.1 cm³/mol. The quantitative estimate of drug-likeness (QED) is 0.661. The van der Waals surface area contributed by atoms with Gasteiger partial charge in [0.2, 0.25) is 0 Å². The van der Waals surface area contributed by atoms with Crippen molar-refractivity contribution in [2.24, 2.45) is 0 Å². The van der Waals surface area contributed by atoms with E-state index >= 15 is 0 Å². The minimum Gasteiger partial charge on any atom is -0.489 e. The van der Waals surface area contributed by atoms with Crippen LogP contribution < -0.4 is 4.74 Å². The molecular formula is C14H11NO3. The van der Waals surface area contributed by atoms with Crippen molar-refractivity contribution in [1.29, 1.82) is 0 Å². The highest BCUT2D eigenvalue weighted by atomic mass is 16.5. The smallest absolute Gasteiger partial charge is 0.196 e. The zero-order valence-corrected chi connectivity index (χ0v) is 9.84. The molecule has 2 heterocycles. The van der Waals surface area contributed by atoms with Gasteiger partial charge in [-0.15, -0.1) is 0 Å². The number of hydrogen-bond acceptors (Lipinski definition) is 4. The van der Waals surface area contributed by atoms with Crippen molar-refractivity contribution in [2.75, 3.05) is 6.61 Å². The van der Waals surface area contributed by atoms with Gasteiger partial charge in [0.25, 0.3) is 0 Å². The van der Waals surface area contributed by atoms with E-state index in [1.54, 1.807) is 0 Å². The number of ether oxygens (including phenoxy) is 1. The van der Waals surface area contributed by atoms with Crippen LogP contribution in [0.2, 0.25) is 0 Å².